The molecule has 1 saturated carbocycles. The second-order valence-electron chi connectivity index (χ2n) is 9.93. The Balaban J connectivity index is 1.27. The molecule has 8 heteroatoms. The van der Waals surface area contributed by atoms with Crippen molar-refractivity contribution in [1.29, 1.82) is 5.41 Å². The van der Waals surface area contributed by atoms with E-state index in [1.807, 2.05) is 11.0 Å². The molecule has 4 N–H and O–H groups in total. The van der Waals surface area contributed by atoms with E-state index in [0.717, 1.165) is 49.9 Å². The number of nitrogens with one attached hydrogen (secondary N) is 2. The van der Waals surface area contributed by atoms with Crippen molar-refractivity contribution in [1.82, 2.24) is 15.2 Å². The Morgan fingerprint density at radius 2 is 1.86 bits per heavy atom. The first-order valence-corrected chi connectivity index (χ1v) is 12.8. The lowest BCUT2D eigenvalue weighted by Gasteiger charge is -2.19. The van der Waals surface area contributed by atoms with Crippen LogP contribution in [0.25, 0.3) is 11.1 Å². The summed E-state index contributed by atoms with van der Waals surface area (Å²) in [6, 6.07) is 13.4. The summed E-state index contributed by atoms with van der Waals surface area (Å²) in [6.45, 7) is 2.34. The van der Waals surface area contributed by atoms with Gasteiger partial charge in [0.1, 0.15) is 18.2 Å². The summed E-state index contributed by atoms with van der Waals surface area (Å²) in [5, 5.41) is 11.7. The third-order valence-electron chi connectivity index (χ3n) is 7.43. The number of fused-ring (bicyclic) bond motifs is 2. The molecule has 1 aromatic heterocycles. The van der Waals surface area contributed by atoms with Crippen LogP contribution in [0.3, 0.4) is 0 Å². The molecule has 3 aromatic rings. The van der Waals surface area contributed by atoms with Gasteiger partial charge < -0.3 is 20.7 Å². The van der Waals surface area contributed by atoms with E-state index in [0.29, 0.717) is 41.5 Å². The zero-order chi connectivity index (χ0) is 25.5. The molecule has 2 amide bonds. The fourth-order valence-corrected chi connectivity index (χ4v) is 5.11. The van der Waals surface area contributed by atoms with Crippen molar-refractivity contribution in [2.45, 2.75) is 25.7 Å². The van der Waals surface area contributed by atoms with Gasteiger partial charge in [0, 0.05) is 41.9 Å². The zero-order valence-corrected chi connectivity index (χ0v) is 20.5. The predicted molar refractivity (Wildman–Crippen MR) is 141 cm³/mol. The smallest absolute Gasteiger partial charge is 0.255 e. The SMILES string of the molecule is N=C(c1ccc2c(c1)OCCNC2=O)c1cc(-c2ccc3c(c2)CCN(C(=O)C2CC2)CC3)cnc1N. The van der Waals surface area contributed by atoms with Gasteiger partial charge in [0.2, 0.25) is 5.91 Å². The van der Waals surface area contributed by atoms with Crippen molar-refractivity contribution in [2.24, 2.45) is 5.92 Å². The van der Waals surface area contributed by atoms with Crippen LogP contribution in [0.15, 0.2) is 48.7 Å². The van der Waals surface area contributed by atoms with E-state index in [1.54, 1.807) is 24.4 Å². The Morgan fingerprint density at radius 1 is 1.05 bits per heavy atom. The van der Waals surface area contributed by atoms with Crippen molar-refractivity contribution >= 4 is 23.3 Å². The van der Waals surface area contributed by atoms with E-state index in [-0.39, 0.29) is 23.4 Å². The highest BCUT2D eigenvalue weighted by Gasteiger charge is 2.33. The highest BCUT2D eigenvalue weighted by Crippen LogP contribution is 2.33. The number of hydrogen-bond acceptors (Lipinski definition) is 6. The molecular weight excluding hydrogens is 466 g/mol. The molecule has 0 atom stereocenters. The number of carbonyl (C=O) groups excluding carboxylic acids is 2. The second-order valence-corrected chi connectivity index (χ2v) is 9.93. The van der Waals surface area contributed by atoms with Crippen molar-refractivity contribution in [3.63, 3.8) is 0 Å². The normalized spacial score (nSPS) is 17.0. The van der Waals surface area contributed by atoms with Gasteiger partial charge in [-0.3, -0.25) is 15.0 Å². The molecule has 3 aliphatic rings. The minimum atomic E-state index is -0.183. The number of anilines is 1. The lowest BCUT2D eigenvalue weighted by Crippen LogP contribution is -2.34. The highest BCUT2D eigenvalue weighted by atomic mass is 16.5. The number of aromatic nitrogens is 1. The first kappa shape index (κ1) is 23.2. The number of nitrogens with two attached hydrogens (primary N) is 1. The lowest BCUT2D eigenvalue weighted by atomic mass is 9.95. The van der Waals surface area contributed by atoms with Gasteiger partial charge in [-0.15, -0.1) is 0 Å². The van der Waals surface area contributed by atoms with Crippen molar-refractivity contribution in [3.8, 4) is 16.9 Å². The maximum Gasteiger partial charge on any atom is 0.255 e. The molecule has 3 heterocycles. The van der Waals surface area contributed by atoms with E-state index < -0.39 is 0 Å². The minimum absolute atomic E-state index is 0.183. The van der Waals surface area contributed by atoms with Gasteiger partial charge in [0.05, 0.1) is 17.8 Å². The fourth-order valence-electron chi connectivity index (χ4n) is 5.11. The molecule has 188 valence electrons. The second kappa shape index (κ2) is 9.35. The molecule has 0 saturated heterocycles. The summed E-state index contributed by atoms with van der Waals surface area (Å²) in [7, 11) is 0. The van der Waals surface area contributed by atoms with Crippen molar-refractivity contribution in [2.75, 3.05) is 32.0 Å². The Labute approximate surface area is 215 Å². The number of ether oxygens (including phenoxy) is 1. The average molecular weight is 496 g/mol. The maximum absolute atomic E-state index is 12.6. The Morgan fingerprint density at radius 3 is 2.68 bits per heavy atom. The summed E-state index contributed by atoms with van der Waals surface area (Å²) < 4.78 is 5.72. The quantitative estimate of drug-likeness (QED) is 0.480. The molecule has 0 unspecified atom stereocenters. The van der Waals surface area contributed by atoms with Crippen molar-refractivity contribution < 1.29 is 14.3 Å². The van der Waals surface area contributed by atoms with E-state index in [4.69, 9.17) is 15.9 Å². The summed E-state index contributed by atoms with van der Waals surface area (Å²) in [4.78, 5) is 31.2. The molecule has 37 heavy (non-hydrogen) atoms. The number of hydrogen-bond donors (Lipinski definition) is 3. The molecule has 0 spiro atoms. The van der Waals surface area contributed by atoms with Gasteiger partial charge in [-0.05, 0) is 60.6 Å². The molecule has 0 radical (unpaired) electrons. The summed E-state index contributed by atoms with van der Waals surface area (Å²) in [5.74, 6) is 1.10. The monoisotopic (exact) mass is 495 g/mol. The van der Waals surface area contributed by atoms with E-state index in [9.17, 15) is 9.59 Å². The molecule has 1 fully saturated rings. The standard InChI is InChI=1S/C29H29N5O3/c30-26(21-5-6-23-25(15-21)37-12-9-32-28(23)35)24-14-22(16-33-27(24)31)19-4-1-17-7-10-34(11-8-20(17)13-19)29(36)18-2-3-18/h1,4-6,13-16,18,30H,2-3,7-12H2,(H2,31,33)(H,32,35). The van der Waals surface area contributed by atoms with Crippen LogP contribution in [0.5, 0.6) is 5.75 Å². The maximum atomic E-state index is 12.6. The average Bonchev–Trinajstić information content (AvgIpc) is 3.78. The molecule has 2 aliphatic heterocycles. The third-order valence-corrected chi connectivity index (χ3v) is 7.43. The Hall–Kier alpha value is -4.20. The largest absolute Gasteiger partial charge is 0.491 e. The lowest BCUT2D eigenvalue weighted by molar-refractivity contribution is -0.132. The molecule has 6 rings (SSSR count). The Bertz CT molecular complexity index is 1430. The number of nitrogen functional groups attached to an aromatic ring is 1. The van der Waals surface area contributed by atoms with Gasteiger partial charge in [-0.1, -0.05) is 24.3 Å². The van der Waals surface area contributed by atoms with Crippen molar-refractivity contribution in [3.05, 3.63) is 76.5 Å². The number of benzene rings is 2. The minimum Gasteiger partial charge on any atom is -0.491 e. The highest BCUT2D eigenvalue weighted by molar-refractivity contribution is 6.14. The number of rotatable bonds is 4. The number of carbonyl (C=O) groups is 2. The molecular formula is C29H29N5O3. The van der Waals surface area contributed by atoms with Gasteiger partial charge in [0.25, 0.3) is 5.91 Å². The zero-order valence-electron chi connectivity index (χ0n) is 20.5. The fraction of sp³-hybridized carbons (Fsp3) is 0.310. The number of pyridine rings is 1. The van der Waals surface area contributed by atoms with Gasteiger partial charge in [-0.25, -0.2) is 4.98 Å². The van der Waals surface area contributed by atoms with Crippen LogP contribution < -0.4 is 15.8 Å². The topological polar surface area (TPSA) is 121 Å². The third kappa shape index (κ3) is 4.55. The summed E-state index contributed by atoms with van der Waals surface area (Å²) in [5.41, 5.74) is 12.4. The van der Waals surface area contributed by atoms with Crippen LogP contribution in [-0.4, -0.2) is 53.7 Å². The molecule has 8 nitrogen and oxygen atoms in total. The van der Waals surface area contributed by atoms with Crippen LogP contribution in [0.2, 0.25) is 0 Å². The van der Waals surface area contributed by atoms with Gasteiger partial charge in [0.15, 0.2) is 0 Å². The van der Waals surface area contributed by atoms with E-state index in [1.165, 1.54) is 11.1 Å². The van der Waals surface area contributed by atoms with Crippen LogP contribution in [0, 0.1) is 11.3 Å². The Kier molecular flexibility index (Phi) is 5.87. The van der Waals surface area contributed by atoms with E-state index >= 15 is 0 Å². The molecule has 1 aliphatic carbocycles. The van der Waals surface area contributed by atoms with Crippen LogP contribution in [-0.2, 0) is 17.6 Å². The van der Waals surface area contributed by atoms with Crippen LogP contribution >= 0.6 is 0 Å². The first-order chi connectivity index (χ1) is 18.0. The summed E-state index contributed by atoms with van der Waals surface area (Å²) in [6.07, 6.45) is 5.49. The first-order valence-electron chi connectivity index (χ1n) is 12.8. The van der Waals surface area contributed by atoms with Gasteiger partial charge >= 0.3 is 0 Å². The summed E-state index contributed by atoms with van der Waals surface area (Å²) >= 11 is 0. The molecule has 0 bridgehead atoms. The van der Waals surface area contributed by atoms with Crippen LogP contribution in [0.1, 0.15) is 45.5 Å². The molecule has 2 aromatic carbocycles. The number of nitrogens with zero attached hydrogens (tertiary/aromatic N) is 2. The van der Waals surface area contributed by atoms with E-state index in [2.05, 4.69) is 28.5 Å². The number of amides is 2. The van der Waals surface area contributed by atoms with Gasteiger partial charge in [-0.2, -0.15) is 0 Å². The predicted octanol–water partition coefficient (Wildman–Crippen LogP) is 3.21. The van der Waals surface area contributed by atoms with Crippen LogP contribution in [0.4, 0.5) is 5.82 Å².